The fraction of sp³-hybridized carbons (Fsp3) is 0.578. The number of rotatable bonds is 30. The first kappa shape index (κ1) is 50.5. The van der Waals surface area contributed by atoms with Gasteiger partial charge in [0.05, 0.1) is 42.4 Å². The summed E-state index contributed by atoms with van der Waals surface area (Å²) in [4.78, 5) is 16.6. The molecule has 0 radical (unpaired) electrons. The molecule has 1 amide bonds. The maximum atomic E-state index is 14.9. The van der Waals surface area contributed by atoms with Crippen molar-refractivity contribution in [3.05, 3.63) is 76.4 Å². The molecule has 0 aromatic heterocycles. The predicted octanol–water partition coefficient (Wildman–Crippen LogP) is 14.7. The number of fused-ring (bicyclic) bond motifs is 2. The van der Waals surface area contributed by atoms with Gasteiger partial charge >= 0.3 is 15.9 Å². The average Bonchev–Trinajstić information content (AvgIpc) is 3.31. The lowest BCUT2D eigenvalue weighted by Gasteiger charge is -2.23. The third-order valence-electron chi connectivity index (χ3n) is 9.52. The SMILES string of the molecule is CCCCOPOc1cc(C[P+](=O)OCCCC)c2c(c1)N(C/C=C(\C)CC/C=C(\C)CCC=C(C)C)C(=O)c1cccc(OP(=O)(OCCCC)OCCCC)c1N2. The number of benzene rings is 2. The summed E-state index contributed by atoms with van der Waals surface area (Å²) >= 11 is 0. The Morgan fingerprint density at radius 1 is 0.814 bits per heavy atom. The lowest BCUT2D eigenvalue weighted by atomic mass is 10.1. The zero-order valence-corrected chi connectivity index (χ0v) is 39.7. The first-order valence-corrected chi connectivity index (χ1v) is 25.1. The van der Waals surface area contributed by atoms with Gasteiger partial charge < -0.3 is 23.8 Å². The minimum atomic E-state index is -4.10. The van der Waals surface area contributed by atoms with Crippen LogP contribution in [-0.4, -0.2) is 38.9 Å². The van der Waals surface area contributed by atoms with Crippen LogP contribution in [0.1, 0.15) is 148 Å². The number of amides is 1. The van der Waals surface area contributed by atoms with Crippen molar-refractivity contribution in [2.24, 2.45) is 0 Å². The van der Waals surface area contributed by atoms with Crippen LogP contribution in [0.3, 0.4) is 0 Å². The van der Waals surface area contributed by atoms with Crippen LogP contribution in [0.2, 0.25) is 0 Å². The highest BCUT2D eigenvalue weighted by molar-refractivity contribution is 7.49. The Balaban J connectivity index is 2.13. The van der Waals surface area contributed by atoms with E-state index in [0.29, 0.717) is 60.0 Å². The van der Waals surface area contributed by atoms with Gasteiger partial charge in [-0.15, -0.1) is 4.52 Å². The van der Waals surface area contributed by atoms with Gasteiger partial charge in [-0.25, -0.2) is 4.57 Å². The van der Waals surface area contributed by atoms with Crippen LogP contribution in [-0.2, 0) is 33.4 Å². The number of unbranched alkanes of at least 4 members (excludes halogenated alkanes) is 4. The predicted molar refractivity (Wildman–Crippen MR) is 245 cm³/mol. The molecule has 2 unspecified atom stereocenters. The Labute approximate surface area is 357 Å². The normalized spacial score (nSPS) is 13.6. The molecule has 1 heterocycles. The molecule has 0 bridgehead atoms. The quantitative estimate of drug-likeness (QED) is 0.0461. The molecule has 0 spiro atoms. The largest absolute Gasteiger partial charge is 0.530 e. The van der Waals surface area contributed by atoms with E-state index in [1.165, 1.54) is 11.1 Å². The van der Waals surface area contributed by atoms with Crippen LogP contribution >= 0.6 is 24.9 Å². The summed E-state index contributed by atoms with van der Waals surface area (Å²) in [7, 11) is -6.48. The van der Waals surface area contributed by atoms with Crippen molar-refractivity contribution in [3.8, 4) is 11.5 Å². The van der Waals surface area contributed by atoms with Crippen LogP contribution in [0.5, 0.6) is 11.5 Å². The molecule has 1 aliphatic rings. The summed E-state index contributed by atoms with van der Waals surface area (Å²) in [5.74, 6) is 0.303. The summed E-state index contributed by atoms with van der Waals surface area (Å²) in [5.41, 5.74) is 6.11. The molecule has 0 saturated heterocycles. The number of phosphoric ester groups is 1. The van der Waals surface area contributed by atoms with E-state index in [-0.39, 0.29) is 46.6 Å². The van der Waals surface area contributed by atoms with Gasteiger partial charge in [0.1, 0.15) is 12.4 Å². The topological polar surface area (TPSA) is 122 Å². The Morgan fingerprint density at radius 3 is 2.10 bits per heavy atom. The van der Waals surface area contributed by atoms with Crippen LogP contribution in [0.25, 0.3) is 0 Å². The van der Waals surface area contributed by atoms with Crippen molar-refractivity contribution in [2.75, 3.05) is 43.2 Å². The summed E-state index contributed by atoms with van der Waals surface area (Å²) in [6, 6.07) is 8.68. The Hall–Kier alpha value is -2.87. The van der Waals surface area contributed by atoms with Crippen molar-refractivity contribution < 1.29 is 41.1 Å². The summed E-state index contributed by atoms with van der Waals surface area (Å²) in [5, 5.41) is 3.48. The Morgan fingerprint density at radius 2 is 1.44 bits per heavy atom. The van der Waals surface area contributed by atoms with Crippen molar-refractivity contribution >= 4 is 47.9 Å². The van der Waals surface area contributed by atoms with Crippen LogP contribution in [0.4, 0.5) is 17.1 Å². The van der Waals surface area contributed by atoms with E-state index in [1.54, 1.807) is 23.1 Å². The maximum absolute atomic E-state index is 14.9. The molecule has 3 rings (SSSR count). The molecular weight excluding hydrogens is 805 g/mol. The molecule has 11 nitrogen and oxygen atoms in total. The van der Waals surface area contributed by atoms with Gasteiger partial charge in [0.2, 0.25) is 15.2 Å². The number of hydrogen-bond acceptors (Lipinski definition) is 10. The lowest BCUT2D eigenvalue weighted by molar-refractivity contribution is 0.0990. The highest BCUT2D eigenvalue weighted by Crippen LogP contribution is 2.54. The van der Waals surface area contributed by atoms with E-state index in [2.05, 4.69) is 65.1 Å². The van der Waals surface area contributed by atoms with E-state index in [1.807, 2.05) is 26.0 Å². The van der Waals surface area contributed by atoms with Crippen LogP contribution in [0, 0.1) is 0 Å². The van der Waals surface area contributed by atoms with Crippen molar-refractivity contribution in [1.82, 2.24) is 0 Å². The zero-order chi connectivity index (χ0) is 43.0. The van der Waals surface area contributed by atoms with Gasteiger partial charge in [0, 0.05) is 18.2 Å². The third-order valence-corrected chi connectivity index (χ3v) is 12.6. The summed E-state index contributed by atoms with van der Waals surface area (Å²) in [6.45, 7) is 18.3. The van der Waals surface area contributed by atoms with Gasteiger partial charge in [0.25, 0.3) is 5.91 Å². The Kier molecular flexibility index (Phi) is 23.8. The number of anilines is 3. The van der Waals surface area contributed by atoms with Gasteiger partial charge in [-0.2, -0.15) is 0 Å². The lowest BCUT2D eigenvalue weighted by Crippen LogP contribution is -2.30. The number of para-hydroxylation sites is 1. The molecule has 1 aliphatic heterocycles. The number of hydrogen-bond donors (Lipinski definition) is 1. The standard InChI is InChI=1S/C45H69N2O9P3/c1-9-13-28-51-57-55-39-32-38(34-58(49)52-29-14-10-2)43-41(33-39)47(27-26-37(8)23-18-22-36(7)21-17-20-35(5)6)45(48)40-24-19-25-42(44(40)46-43)56-59(50,53-30-15-11-3)54-31-16-12-4/h19-20,22,24-26,32-33,57H,9-18,21,23,27-31,34H2,1-8H3/p+1/b36-22+,37-26+. The molecule has 0 aliphatic carbocycles. The molecule has 2 aromatic rings. The molecule has 328 valence electrons. The molecule has 0 saturated carbocycles. The van der Waals surface area contributed by atoms with Gasteiger partial charge in [0.15, 0.2) is 5.75 Å². The van der Waals surface area contributed by atoms with Gasteiger partial charge in [-0.05, 0) is 102 Å². The van der Waals surface area contributed by atoms with Crippen molar-refractivity contribution in [3.63, 3.8) is 0 Å². The monoisotopic (exact) mass is 875 g/mol. The molecule has 59 heavy (non-hydrogen) atoms. The van der Waals surface area contributed by atoms with Gasteiger partial charge in [-0.1, -0.05) is 94.4 Å². The molecule has 2 atom stereocenters. The second-order valence-corrected chi connectivity index (χ2v) is 18.6. The fourth-order valence-electron chi connectivity index (χ4n) is 5.94. The highest BCUT2D eigenvalue weighted by atomic mass is 31.2. The minimum absolute atomic E-state index is 0.0543. The van der Waals surface area contributed by atoms with E-state index in [0.717, 1.165) is 69.8 Å². The van der Waals surface area contributed by atoms with E-state index >= 15 is 0 Å². The number of allylic oxidation sites excluding steroid dienone is 5. The first-order chi connectivity index (χ1) is 28.4. The minimum Gasteiger partial charge on any atom is -0.450 e. The Bertz CT molecular complexity index is 1760. The second kappa shape index (κ2) is 27.9. The van der Waals surface area contributed by atoms with Crippen molar-refractivity contribution in [1.29, 1.82) is 0 Å². The first-order valence-electron chi connectivity index (χ1n) is 21.5. The zero-order valence-electron chi connectivity index (χ0n) is 36.9. The van der Waals surface area contributed by atoms with E-state index in [4.69, 9.17) is 27.1 Å². The van der Waals surface area contributed by atoms with Crippen LogP contribution < -0.4 is 19.3 Å². The smallest absolute Gasteiger partial charge is 0.450 e. The number of carbonyl (C=O) groups excluding carboxylic acids is 1. The number of phosphoric acid groups is 1. The van der Waals surface area contributed by atoms with Gasteiger partial charge in [-0.3, -0.25) is 13.8 Å². The molecule has 0 fully saturated rings. The number of nitrogens with zero attached hydrogens (tertiary/aromatic N) is 1. The summed E-state index contributed by atoms with van der Waals surface area (Å²) in [6.07, 6.45) is 17.1. The van der Waals surface area contributed by atoms with Crippen LogP contribution in [0.15, 0.2) is 65.3 Å². The maximum Gasteiger partial charge on any atom is 0.530 e. The summed E-state index contributed by atoms with van der Waals surface area (Å²) < 4.78 is 63.1. The molecule has 1 N–H and O–H groups in total. The number of carbonyl (C=O) groups is 1. The second-order valence-electron chi connectivity index (χ2n) is 15.1. The highest BCUT2D eigenvalue weighted by Gasteiger charge is 2.35. The molecular formula is C45H70N2O9P3+. The molecule has 2 aromatic carbocycles. The van der Waals surface area contributed by atoms with E-state index < -0.39 is 15.9 Å². The third kappa shape index (κ3) is 17.9. The average molecular weight is 876 g/mol. The molecule has 14 heteroatoms. The van der Waals surface area contributed by atoms with Crippen molar-refractivity contribution in [2.45, 2.75) is 139 Å². The van der Waals surface area contributed by atoms with E-state index in [9.17, 15) is 13.9 Å². The fourth-order valence-corrected chi connectivity index (χ4v) is 8.67. The number of nitrogens with one attached hydrogen (secondary N) is 1.